The van der Waals surface area contributed by atoms with E-state index in [1.165, 1.54) is 0 Å². The summed E-state index contributed by atoms with van der Waals surface area (Å²) in [6, 6.07) is 0. The lowest BCUT2D eigenvalue weighted by molar-refractivity contribution is -0.255. The first-order valence-electron chi connectivity index (χ1n) is 9.66. The van der Waals surface area contributed by atoms with Gasteiger partial charge in [-0.3, -0.25) is 0 Å². The van der Waals surface area contributed by atoms with Crippen molar-refractivity contribution in [1.82, 2.24) is 0 Å². The van der Waals surface area contributed by atoms with Gasteiger partial charge in [0.15, 0.2) is 0 Å². The van der Waals surface area contributed by atoms with E-state index in [4.69, 9.17) is 18.9 Å². The van der Waals surface area contributed by atoms with Gasteiger partial charge < -0.3 is 18.9 Å². The van der Waals surface area contributed by atoms with Gasteiger partial charge in [-0.25, -0.2) is 9.59 Å². The molecule has 0 aliphatic carbocycles. The van der Waals surface area contributed by atoms with Gasteiger partial charge in [-0.15, -0.1) is 0 Å². The molecule has 0 amide bonds. The summed E-state index contributed by atoms with van der Waals surface area (Å²) in [5.41, 5.74) is -3.20. The third kappa shape index (κ3) is 5.68. The SMILES string of the molecule is CCC(OC(C)C)(C(=O)OC(C)C)C(CC)(OC(C)C)C(=O)OC(C)C. The number of hydrogen-bond donors (Lipinski definition) is 0. The molecule has 0 bridgehead atoms. The van der Waals surface area contributed by atoms with E-state index in [9.17, 15) is 9.59 Å². The Bertz CT molecular complexity index is 415. The minimum atomic E-state index is -1.60. The van der Waals surface area contributed by atoms with Crippen LogP contribution >= 0.6 is 0 Å². The Kier molecular flexibility index (Phi) is 9.81. The van der Waals surface area contributed by atoms with E-state index in [0.29, 0.717) is 0 Å². The first kappa shape index (κ1) is 24.9. The van der Waals surface area contributed by atoms with Crippen molar-refractivity contribution in [1.29, 1.82) is 0 Å². The van der Waals surface area contributed by atoms with Crippen LogP contribution in [0.2, 0.25) is 0 Å². The molecule has 0 rings (SSSR count). The van der Waals surface area contributed by atoms with Crippen molar-refractivity contribution in [2.75, 3.05) is 0 Å². The molecule has 0 aliphatic rings. The highest BCUT2D eigenvalue weighted by Gasteiger charge is 2.64. The monoisotopic (exact) mass is 374 g/mol. The Balaban J connectivity index is 6.54. The van der Waals surface area contributed by atoms with Crippen molar-refractivity contribution >= 4 is 11.9 Å². The lowest BCUT2D eigenvalue weighted by Crippen LogP contribution is -2.68. The summed E-state index contributed by atoms with van der Waals surface area (Å²) in [5.74, 6) is -1.21. The molecule has 0 saturated heterocycles. The molecule has 154 valence electrons. The van der Waals surface area contributed by atoms with Crippen LogP contribution in [-0.4, -0.2) is 47.6 Å². The van der Waals surface area contributed by atoms with Gasteiger partial charge in [-0.2, -0.15) is 0 Å². The zero-order chi connectivity index (χ0) is 20.7. The van der Waals surface area contributed by atoms with Gasteiger partial charge in [-0.1, -0.05) is 13.8 Å². The number of carbonyl (C=O) groups excluding carboxylic acids is 2. The Morgan fingerprint density at radius 1 is 0.615 bits per heavy atom. The summed E-state index contributed by atoms with van der Waals surface area (Å²) in [6.45, 7) is 17.9. The number of ether oxygens (including phenoxy) is 4. The smallest absolute Gasteiger partial charge is 0.342 e. The van der Waals surface area contributed by atoms with E-state index in [1.54, 1.807) is 41.5 Å². The lowest BCUT2D eigenvalue weighted by Gasteiger charge is -2.47. The van der Waals surface area contributed by atoms with Crippen molar-refractivity contribution in [3.63, 3.8) is 0 Å². The highest BCUT2D eigenvalue weighted by atomic mass is 16.6. The summed E-state index contributed by atoms with van der Waals surface area (Å²) >= 11 is 0. The van der Waals surface area contributed by atoms with Crippen molar-refractivity contribution in [3.8, 4) is 0 Å². The van der Waals surface area contributed by atoms with Crippen LogP contribution < -0.4 is 0 Å². The van der Waals surface area contributed by atoms with Crippen molar-refractivity contribution in [3.05, 3.63) is 0 Å². The van der Waals surface area contributed by atoms with E-state index >= 15 is 0 Å². The van der Waals surface area contributed by atoms with Crippen molar-refractivity contribution in [2.45, 2.75) is 118 Å². The zero-order valence-electron chi connectivity index (χ0n) is 18.2. The molecule has 0 aromatic rings. The van der Waals surface area contributed by atoms with Crippen LogP contribution in [0.15, 0.2) is 0 Å². The topological polar surface area (TPSA) is 71.1 Å². The summed E-state index contributed by atoms with van der Waals surface area (Å²) in [5, 5.41) is 0. The minimum Gasteiger partial charge on any atom is -0.461 e. The molecule has 0 fully saturated rings. The third-order valence-electron chi connectivity index (χ3n) is 3.87. The van der Waals surface area contributed by atoms with Crippen molar-refractivity contribution in [2.24, 2.45) is 0 Å². The van der Waals surface area contributed by atoms with Gasteiger partial charge in [0.2, 0.25) is 11.2 Å². The predicted molar refractivity (Wildman–Crippen MR) is 101 cm³/mol. The van der Waals surface area contributed by atoms with Crippen LogP contribution in [0.25, 0.3) is 0 Å². The Morgan fingerprint density at radius 2 is 0.885 bits per heavy atom. The number of esters is 2. The molecule has 0 saturated carbocycles. The molecular formula is C20H38O6. The maximum absolute atomic E-state index is 13.2. The quantitative estimate of drug-likeness (QED) is 0.508. The molecule has 2 atom stereocenters. The summed E-state index contributed by atoms with van der Waals surface area (Å²) in [6.07, 6.45) is -0.904. The van der Waals surface area contributed by atoms with E-state index in [0.717, 1.165) is 0 Å². The lowest BCUT2D eigenvalue weighted by atomic mass is 9.77. The normalized spacial score (nSPS) is 16.7. The Hall–Kier alpha value is -1.14. The number of rotatable bonds is 11. The van der Waals surface area contributed by atoms with Crippen LogP contribution in [-0.2, 0) is 28.5 Å². The maximum atomic E-state index is 13.2. The summed E-state index contributed by atoms with van der Waals surface area (Å²) in [4.78, 5) is 26.4. The van der Waals surface area contributed by atoms with Crippen LogP contribution in [0.3, 0.4) is 0 Å². The molecular weight excluding hydrogens is 336 g/mol. The van der Waals surface area contributed by atoms with E-state index < -0.39 is 23.1 Å². The second-order valence-corrected chi connectivity index (χ2v) is 7.60. The molecule has 0 heterocycles. The highest BCUT2D eigenvalue weighted by Crippen LogP contribution is 2.41. The highest BCUT2D eigenvalue weighted by molar-refractivity contribution is 5.93. The first-order valence-corrected chi connectivity index (χ1v) is 9.66. The van der Waals surface area contributed by atoms with Gasteiger partial charge >= 0.3 is 11.9 Å². The summed E-state index contributed by atoms with van der Waals surface area (Å²) in [7, 11) is 0. The molecule has 0 aliphatic heterocycles. The average Bonchev–Trinajstić information content (AvgIpc) is 2.48. The standard InChI is InChI=1S/C20H38O6/c1-11-19(25-15(7)8,17(21)23-13(3)4)20(12-2,26-16(9)10)18(22)24-14(5)6/h13-16H,11-12H2,1-10H3. The molecule has 2 unspecified atom stereocenters. The molecule has 6 heteroatoms. The summed E-state index contributed by atoms with van der Waals surface area (Å²) < 4.78 is 23.2. The maximum Gasteiger partial charge on any atom is 0.342 e. The molecule has 0 N–H and O–H groups in total. The average molecular weight is 375 g/mol. The zero-order valence-corrected chi connectivity index (χ0v) is 18.2. The second-order valence-electron chi connectivity index (χ2n) is 7.60. The van der Waals surface area contributed by atoms with Gasteiger partial charge in [0.25, 0.3) is 0 Å². The Morgan fingerprint density at radius 3 is 1.04 bits per heavy atom. The van der Waals surface area contributed by atoms with Crippen LogP contribution in [0.1, 0.15) is 82.1 Å². The second kappa shape index (κ2) is 10.3. The molecule has 0 aromatic heterocycles. The van der Waals surface area contributed by atoms with Gasteiger partial charge in [0.05, 0.1) is 24.4 Å². The fourth-order valence-electron chi connectivity index (χ4n) is 3.07. The van der Waals surface area contributed by atoms with E-state index in [1.807, 2.05) is 27.7 Å². The first-order chi connectivity index (χ1) is 11.9. The van der Waals surface area contributed by atoms with Crippen LogP contribution in [0.4, 0.5) is 0 Å². The van der Waals surface area contributed by atoms with Gasteiger partial charge in [-0.05, 0) is 68.2 Å². The fourth-order valence-corrected chi connectivity index (χ4v) is 3.07. The Labute approximate surface area is 158 Å². The largest absolute Gasteiger partial charge is 0.461 e. The van der Waals surface area contributed by atoms with E-state index in [-0.39, 0.29) is 37.3 Å². The van der Waals surface area contributed by atoms with E-state index in [2.05, 4.69) is 0 Å². The van der Waals surface area contributed by atoms with Gasteiger partial charge in [0.1, 0.15) is 0 Å². The molecule has 0 spiro atoms. The third-order valence-corrected chi connectivity index (χ3v) is 3.87. The molecule has 0 aromatic carbocycles. The van der Waals surface area contributed by atoms with Crippen LogP contribution in [0.5, 0.6) is 0 Å². The van der Waals surface area contributed by atoms with Gasteiger partial charge in [0, 0.05) is 0 Å². The van der Waals surface area contributed by atoms with Crippen LogP contribution in [0, 0.1) is 0 Å². The molecule has 26 heavy (non-hydrogen) atoms. The van der Waals surface area contributed by atoms with Crippen molar-refractivity contribution < 1.29 is 28.5 Å². The molecule has 6 nitrogen and oxygen atoms in total. The minimum absolute atomic E-state index is 0.213. The number of carbonyl (C=O) groups is 2. The fraction of sp³-hybridized carbons (Fsp3) is 0.900. The molecule has 0 radical (unpaired) electrons. The number of hydrogen-bond acceptors (Lipinski definition) is 6. The predicted octanol–water partition coefficient (Wildman–Crippen LogP) is 4.04.